The molecule has 2 aromatic heterocycles. The van der Waals surface area contributed by atoms with Crippen LogP contribution in [0.15, 0.2) is 35.6 Å². The fourth-order valence-electron chi connectivity index (χ4n) is 1.79. The Morgan fingerprint density at radius 1 is 1.37 bits per heavy atom. The highest BCUT2D eigenvalue weighted by Crippen LogP contribution is 2.36. The zero-order valence-electron chi connectivity index (χ0n) is 10.1. The van der Waals surface area contributed by atoms with Gasteiger partial charge in [0, 0.05) is 10.1 Å². The van der Waals surface area contributed by atoms with Gasteiger partial charge in [0.1, 0.15) is 11.4 Å². The number of benzene rings is 1. The number of hydrogen-bond donors (Lipinski definition) is 0. The molecule has 2 heterocycles. The van der Waals surface area contributed by atoms with E-state index in [1.165, 1.54) is 23.6 Å². The van der Waals surface area contributed by atoms with E-state index < -0.39 is 0 Å². The van der Waals surface area contributed by atoms with E-state index in [0.29, 0.717) is 0 Å². The van der Waals surface area contributed by atoms with Crippen LogP contribution in [-0.2, 0) is 9.53 Å². The van der Waals surface area contributed by atoms with Gasteiger partial charge in [0.2, 0.25) is 0 Å². The molecule has 0 aliphatic rings. The Hall–Kier alpha value is -1.66. The van der Waals surface area contributed by atoms with Crippen LogP contribution in [0.2, 0.25) is 0 Å². The number of aromatic nitrogens is 2. The molecule has 0 aliphatic carbocycles. The minimum absolute atomic E-state index is 0.252. The lowest BCUT2D eigenvalue weighted by atomic mass is 10.2. The third-order valence-electron chi connectivity index (χ3n) is 2.68. The van der Waals surface area contributed by atoms with Crippen molar-refractivity contribution in [2.24, 2.45) is 0 Å². The minimum atomic E-state index is -0.252. The van der Waals surface area contributed by atoms with E-state index in [1.54, 1.807) is 17.7 Å². The van der Waals surface area contributed by atoms with Crippen molar-refractivity contribution in [1.29, 1.82) is 0 Å². The van der Waals surface area contributed by atoms with Crippen molar-refractivity contribution in [3.8, 4) is 0 Å². The first-order chi connectivity index (χ1) is 9.29. The van der Waals surface area contributed by atoms with Gasteiger partial charge in [-0.3, -0.25) is 4.79 Å². The molecule has 0 bridgehead atoms. The molecule has 0 N–H and O–H groups in total. The maximum atomic E-state index is 11.2. The first-order valence-electron chi connectivity index (χ1n) is 5.61. The largest absolute Gasteiger partial charge is 0.468 e. The van der Waals surface area contributed by atoms with Crippen LogP contribution in [0, 0.1) is 0 Å². The van der Waals surface area contributed by atoms with Gasteiger partial charge >= 0.3 is 5.97 Å². The van der Waals surface area contributed by atoms with Crippen LogP contribution < -0.4 is 0 Å². The van der Waals surface area contributed by atoms with Crippen molar-refractivity contribution in [1.82, 2.24) is 9.97 Å². The van der Waals surface area contributed by atoms with Crippen LogP contribution in [0.25, 0.3) is 20.3 Å². The molecule has 0 unspecified atom stereocenters. The molecule has 3 rings (SSSR count). The van der Waals surface area contributed by atoms with Gasteiger partial charge in [-0.05, 0) is 6.07 Å². The average molecular weight is 290 g/mol. The number of thiophene rings is 1. The fraction of sp³-hybridized carbons (Fsp3) is 0.154. The van der Waals surface area contributed by atoms with E-state index in [2.05, 4.69) is 26.8 Å². The molecular weight excluding hydrogens is 280 g/mol. The van der Waals surface area contributed by atoms with Gasteiger partial charge in [0.05, 0.1) is 23.1 Å². The molecule has 0 saturated heterocycles. The van der Waals surface area contributed by atoms with Crippen LogP contribution >= 0.6 is 23.1 Å². The van der Waals surface area contributed by atoms with E-state index in [9.17, 15) is 4.79 Å². The number of methoxy groups -OCH3 is 1. The molecule has 0 amide bonds. The number of hydrogen-bond acceptors (Lipinski definition) is 6. The van der Waals surface area contributed by atoms with Crippen molar-refractivity contribution in [3.05, 3.63) is 30.6 Å². The first kappa shape index (κ1) is 12.4. The molecule has 19 heavy (non-hydrogen) atoms. The summed E-state index contributed by atoms with van der Waals surface area (Å²) < 4.78 is 6.85. The Kier molecular flexibility index (Phi) is 3.35. The van der Waals surface area contributed by atoms with Crippen LogP contribution in [0.4, 0.5) is 0 Å². The molecule has 1 aromatic carbocycles. The Bertz CT molecular complexity index is 755. The second kappa shape index (κ2) is 5.14. The van der Waals surface area contributed by atoms with Gasteiger partial charge in [-0.25, -0.2) is 9.97 Å². The van der Waals surface area contributed by atoms with Gasteiger partial charge in [-0.1, -0.05) is 30.0 Å². The molecule has 96 valence electrons. The van der Waals surface area contributed by atoms with Crippen LogP contribution in [0.5, 0.6) is 0 Å². The summed E-state index contributed by atoms with van der Waals surface area (Å²) in [6, 6.07) is 8.12. The number of fused-ring (bicyclic) bond motifs is 3. The predicted molar refractivity (Wildman–Crippen MR) is 77.7 cm³/mol. The molecule has 0 spiro atoms. The van der Waals surface area contributed by atoms with Crippen LogP contribution in [0.1, 0.15) is 0 Å². The normalized spacial score (nSPS) is 11.0. The molecule has 0 radical (unpaired) electrons. The Balaban J connectivity index is 2.07. The topological polar surface area (TPSA) is 52.1 Å². The molecule has 6 heteroatoms. The molecule has 0 fully saturated rings. The summed E-state index contributed by atoms with van der Waals surface area (Å²) in [7, 11) is 1.39. The van der Waals surface area contributed by atoms with Gasteiger partial charge in [0.15, 0.2) is 0 Å². The Morgan fingerprint density at radius 3 is 3.05 bits per heavy atom. The number of carbonyl (C=O) groups is 1. The van der Waals surface area contributed by atoms with Gasteiger partial charge < -0.3 is 4.74 Å². The molecule has 3 aromatic rings. The highest BCUT2D eigenvalue weighted by Gasteiger charge is 2.12. The second-order valence-electron chi connectivity index (χ2n) is 3.82. The average Bonchev–Trinajstić information content (AvgIpc) is 2.84. The summed E-state index contributed by atoms with van der Waals surface area (Å²) in [5.74, 6) is 0.00880. The van der Waals surface area contributed by atoms with Crippen molar-refractivity contribution < 1.29 is 9.53 Å². The Morgan fingerprint density at radius 2 is 2.21 bits per heavy atom. The van der Waals surface area contributed by atoms with Gasteiger partial charge in [-0.15, -0.1) is 11.3 Å². The summed E-state index contributed by atoms with van der Waals surface area (Å²) in [5.41, 5.74) is 0.947. The van der Waals surface area contributed by atoms with Crippen molar-refractivity contribution >= 4 is 49.4 Å². The molecule has 0 aliphatic heterocycles. The zero-order chi connectivity index (χ0) is 13.2. The third kappa shape index (κ3) is 2.29. The number of nitrogens with zero attached hydrogens (tertiary/aromatic N) is 2. The van der Waals surface area contributed by atoms with Gasteiger partial charge in [0.25, 0.3) is 0 Å². The highest BCUT2D eigenvalue weighted by atomic mass is 32.2. The van der Waals surface area contributed by atoms with Crippen LogP contribution in [-0.4, -0.2) is 28.8 Å². The lowest BCUT2D eigenvalue weighted by molar-refractivity contribution is -0.137. The SMILES string of the molecule is COC(=O)CSc1ncnc2c1sc1ccccc12. The van der Waals surface area contributed by atoms with Crippen LogP contribution in [0.3, 0.4) is 0 Å². The highest BCUT2D eigenvalue weighted by molar-refractivity contribution is 8.00. The Labute approximate surface area is 117 Å². The van der Waals surface area contributed by atoms with E-state index in [1.807, 2.05) is 12.1 Å². The predicted octanol–water partition coefficient (Wildman–Crippen LogP) is 3.11. The van der Waals surface area contributed by atoms with Gasteiger partial charge in [-0.2, -0.15) is 0 Å². The zero-order valence-corrected chi connectivity index (χ0v) is 11.8. The summed E-state index contributed by atoms with van der Waals surface area (Å²) >= 11 is 3.03. The fourth-order valence-corrected chi connectivity index (χ4v) is 3.86. The third-order valence-corrected chi connectivity index (χ3v) is 4.94. The minimum Gasteiger partial charge on any atom is -0.468 e. The van der Waals surface area contributed by atoms with E-state index in [4.69, 9.17) is 0 Å². The van der Waals surface area contributed by atoms with E-state index in [-0.39, 0.29) is 11.7 Å². The first-order valence-corrected chi connectivity index (χ1v) is 7.41. The van der Waals surface area contributed by atoms with E-state index in [0.717, 1.165) is 20.6 Å². The summed E-state index contributed by atoms with van der Waals surface area (Å²) in [6.07, 6.45) is 1.54. The van der Waals surface area contributed by atoms with Crippen molar-refractivity contribution in [2.45, 2.75) is 5.03 Å². The molecular formula is C13H10N2O2S2. The monoisotopic (exact) mass is 290 g/mol. The summed E-state index contributed by atoms with van der Waals surface area (Å²) in [5, 5.41) is 1.96. The summed E-state index contributed by atoms with van der Waals surface area (Å²) in [4.78, 5) is 19.8. The molecule has 0 saturated carbocycles. The number of esters is 1. The van der Waals surface area contributed by atoms with E-state index >= 15 is 0 Å². The van der Waals surface area contributed by atoms with Crippen molar-refractivity contribution in [2.75, 3.05) is 12.9 Å². The lowest BCUT2D eigenvalue weighted by Gasteiger charge is -2.00. The number of ether oxygens (including phenoxy) is 1. The smallest absolute Gasteiger partial charge is 0.316 e. The quantitative estimate of drug-likeness (QED) is 0.421. The standard InChI is InChI=1S/C13H10N2O2S2/c1-17-10(16)6-18-13-12-11(14-7-15-13)8-4-2-3-5-9(8)19-12/h2-5,7H,6H2,1H3. The maximum Gasteiger partial charge on any atom is 0.316 e. The number of thioether (sulfide) groups is 1. The number of carbonyl (C=O) groups excluding carboxylic acids is 1. The number of rotatable bonds is 3. The summed E-state index contributed by atoms with van der Waals surface area (Å²) in [6.45, 7) is 0. The lowest BCUT2D eigenvalue weighted by Crippen LogP contribution is -2.03. The van der Waals surface area contributed by atoms with Crippen molar-refractivity contribution in [3.63, 3.8) is 0 Å². The maximum absolute atomic E-state index is 11.2. The molecule has 0 atom stereocenters. The second-order valence-corrected chi connectivity index (χ2v) is 5.84. The molecule has 4 nitrogen and oxygen atoms in total.